The number of piperidine rings is 1. The Morgan fingerprint density at radius 1 is 1.31 bits per heavy atom. The van der Waals surface area contributed by atoms with E-state index in [0.717, 1.165) is 25.9 Å². The zero-order chi connectivity index (χ0) is 18.7. The van der Waals surface area contributed by atoms with Crippen molar-refractivity contribution in [1.82, 2.24) is 9.88 Å². The first-order valence-electron chi connectivity index (χ1n) is 8.58. The molecule has 0 radical (unpaired) electrons. The van der Waals surface area contributed by atoms with Crippen LogP contribution in [0.2, 0.25) is 0 Å². The summed E-state index contributed by atoms with van der Waals surface area (Å²) < 4.78 is 20.3. The molecule has 1 aliphatic heterocycles. The highest BCUT2D eigenvalue weighted by Gasteiger charge is 2.21. The average Bonchev–Trinajstić information content (AvgIpc) is 2.62. The molecule has 0 unspecified atom stereocenters. The van der Waals surface area contributed by atoms with E-state index in [0.29, 0.717) is 5.56 Å². The van der Waals surface area contributed by atoms with Gasteiger partial charge >= 0.3 is 0 Å². The molecular weight excluding hydrogens is 337 g/mol. The molecule has 0 bridgehead atoms. The van der Waals surface area contributed by atoms with Gasteiger partial charge < -0.3 is 19.9 Å². The molecule has 0 spiro atoms. The van der Waals surface area contributed by atoms with Crippen LogP contribution in [0.25, 0.3) is 0 Å². The average molecular weight is 359 g/mol. The molecule has 0 aliphatic carbocycles. The Balaban J connectivity index is 1.91. The molecule has 26 heavy (non-hydrogen) atoms. The number of methoxy groups -OCH3 is 1. The summed E-state index contributed by atoms with van der Waals surface area (Å²) in [6.07, 6.45) is 3.42. The number of carbonyl (C=O) groups excluding carboxylic acids is 1. The Morgan fingerprint density at radius 3 is 2.73 bits per heavy atom. The summed E-state index contributed by atoms with van der Waals surface area (Å²) in [7, 11) is 1.42. The number of halogens is 1. The molecule has 1 amide bonds. The van der Waals surface area contributed by atoms with Gasteiger partial charge in [0.25, 0.3) is 11.5 Å². The number of aromatic nitrogens is 1. The van der Waals surface area contributed by atoms with Crippen LogP contribution < -0.4 is 20.9 Å². The van der Waals surface area contributed by atoms with Crippen LogP contribution >= 0.6 is 0 Å². The monoisotopic (exact) mass is 359 g/mol. The summed E-state index contributed by atoms with van der Waals surface area (Å²) in [5.41, 5.74) is 0.580. The van der Waals surface area contributed by atoms with Crippen molar-refractivity contribution in [3.8, 4) is 5.75 Å². The first-order valence-corrected chi connectivity index (χ1v) is 8.58. The van der Waals surface area contributed by atoms with Crippen molar-refractivity contribution in [2.75, 3.05) is 25.5 Å². The van der Waals surface area contributed by atoms with E-state index >= 15 is 0 Å². The number of nitrogens with one attached hydrogen (secondary N) is 2. The van der Waals surface area contributed by atoms with Gasteiger partial charge in [-0.1, -0.05) is 0 Å². The van der Waals surface area contributed by atoms with E-state index < -0.39 is 11.7 Å². The molecule has 1 saturated heterocycles. The minimum absolute atomic E-state index is 0.0742. The maximum Gasteiger partial charge on any atom is 0.263 e. The smallest absolute Gasteiger partial charge is 0.263 e. The number of nitrogens with zero attached hydrogens (tertiary/aromatic N) is 1. The molecule has 6 nitrogen and oxygen atoms in total. The van der Waals surface area contributed by atoms with Gasteiger partial charge in [-0.25, -0.2) is 4.39 Å². The van der Waals surface area contributed by atoms with Crippen molar-refractivity contribution in [3.63, 3.8) is 0 Å². The molecule has 1 fully saturated rings. The Morgan fingerprint density at radius 2 is 2.04 bits per heavy atom. The number of pyridine rings is 1. The van der Waals surface area contributed by atoms with Gasteiger partial charge in [0, 0.05) is 30.1 Å². The third-order valence-corrected chi connectivity index (χ3v) is 4.62. The van der Waals surface area contributed by atoms with Crippen molar-refractivity contribution >= 4 is 11.6 Å². The van der Waals surface area contributed by atoms with Crippen LogP contribution in [0, 0.1) is 12.7 Å². The summed E-state index contributed by atoms with van der Waals surface area (Å²) in [6, 6.07) is 5.75. The zero-order valence-corrected chi connectivity index (χ0v) is 14.8. The van der Waals surface area contributed by atoms with Gasteiger partial charge in [-0.2, -0.15) is 0 Å². The second-order valence-electron chi connectivity index (χ2n) is 6.40. The van der Waals surface area contributed by atoms with Crippen molar-refractivity contribution in [2.45, 2.75) is 25.8 Å². The summed E-state index contributed by atoms with van der Waals surface area (Å²) in [4.78, 5) is 25.6. The first-order chi connectivity index (χ1) is 12.5. The lowest BCUT2D eigenvalue weighted by Gasteiger charge is -2.25. The molecule has 0 atom stereocenters. The minimum atomic E-state index is -0.552. The molecule has 1 aromatic heterocycles. The first kappa shape index (κ1) is 18.1. The van der Waals surface area contributed by atoms with Crippen molar-refractivity contribution < 1.29 is 13.9 Å². The van der Waals surface area contributed by atoms with Gasteiger partial charge in [-0.3, -0.25) is 9.59 Å². The zero-order valence-electron chi connectivity index (χ0n) is 14.8. The quantitative estimate of drug-likeness (QED) is 0.880. The fourth-order valence-corrected chi connectivity index (χ4v) is 3.24. The van der Waals surface area contributed by atoms with Crippen LogP contribution in [0.15, 0.2) is 35.3 Å². The van der Waals surface area contributed by atoms with Crippen LogP contribution in [0.5, 0.6) is 5.75 Å². The van der Waals surface area contributed by atoms with E-state index in [1.54, 1.807) is 23.8 Å². The number of rotatable bonds is 4. The summed E-state index contributed by atoms with van der Waals surface area (Å²) in [5.74, 6) is -0.794. The van der Waals surface area contributed by atoms with Gasteiger partial charge in [-0.15, -0.1) is 0 Å². The lowest BCUT2D eigenvalue weighted by Crippen LogP contribution is -2.37. The van der Waals surface area contributed by atoms with Crippen molar-refractivity contribution in [2.24, 2.45) is 0 Å². The fraction of sp³-hybridized carbons (Fsp3) is 0.368. The van der Waals surface area contributed by atoms with E-state index in [1.807, 2.05) is 0 Å². The van der Waals surface area contributed by atoms with Gasteiger partial charge in [0.1, 0.15) is 17.1 Å². The Bertz CT molecular complexity index is 873. The van der Waals surface area contributed by atoms with Gasteiger partial charge in [0.15, 0.2) is 0 Å². The number of aryl methyl sites for hydroxylation is 1. The van der Waals surface area contributed by atoms with Gasteiger partial charge in [0.2, 0.25) is 0 Å². The lowest BCUT2D eigenvalue weighted by molar-refractivity contribution is 0.102. The number of carbonyl (C=O) groups is 1. The molecule has 0 saturated carbocycles. The van der Waals surface area contributed by atoms with E-state index in [4.69, 9.17) is 4.74 Å². The molecule has 2 heterocycles. The molecule has 3 rings (SSSR count). The SMILES string of the molecule is COc1cc(F)cc(NC(=O)c2c(C)ccn(C3CCNCC3)c2=O)c1. The number of benzene rings is 1. The maximum atomic E-state index is 13.6. The number of hydrogen-bond donors (Lipinski definition) is 2. The van der Waals surface area contributed by atoms with E-state index in [9.17, 15) is 14.0 Å². The van der Waals surface area contributed by atoms with Crippen LogP contribution in [-0.2, 0) is 0 Å². The Labute approximate surface area is 151 Å². The molecular formula is C19H22FN3O3. The van der Waals surface area contributed by atoms with E-state index in [-0.39, 0.29) is 28.6 Å². The number of amides is 1. The molecule has 2 aromatic rings. The lowest BCUT2D eigenvalue weighted by atomic mass is 10.0. The van der Waals surface area contributed by atoms with E-state index in [1.165, 1.54) is 25.3 Å². The van der Waals surface area contributed by atoms with Gasteiger partial charge in [-0.05, 0) is 50.6 Å². The molecule has 7 heteroatoms. The Kier molecular flexibility index (Phi) is 5.37. The van der Waals surface area contributed by atoms with Crippen LogP contribution in [0.4, 0.5) is 10.1 Å². The molecule has 138 valence electrons. The predicted octanol–water partition coefficient (Wildman–Crippen LogP) is 2.48. The predicted molar refractivity (Wildman–Crippen MR) is 97.5 cm³/mol. The molecule has 1 aromatic carbocycles. The minimum Gasteiger partial charge on any atom is -0.497 e. The summed E-state index contributed by atoms with van der Waals surface area (Å²) >= 11 is 0. The number of hydrogen-bond acceptors (Lipinski definition) is 4. The van der Waals surface area contributed by atoms with Crippen LogP contribution in [-0.4, -0.2) is 30.7 Å². The number of anilines is 1. The van der Waals surface area contributed by atoms with Crippen LogP contribution in [0.3, 0.4) is 0 Å². The molecule has 1 aliphatic rings. The third-order valence-electron chi connectivity index (χ3n) is 4.62. The van der Waals surface area contributed by atoms with Crippen LogP contribution in [0.1, 0.15) is 34.8 Å². The molecule has 2 N–H and O–H groups in total. The van der Waals surface area contributed by atoms with Gasteiger partial charge in [0.05, 0.1) is 7.11 Å². The highest BCUT2D eigenvalue weighted by molar-refractivity contribution is 6.05. The maximum absolute atomic E-state index is 13.6. The fourth-order valence-electron chi connectivity index (χ4n) is 3.24. The topological polar surface area (TPSA) is 72.4 Å². The van der Waals surface area contributed by atoms with E-state index in [2.05, 4.69) is 10.6 Å². The second-order valence-corrected chi connectivity index (χ2v) is 6.40. The van der Waals surface area contributed by atoms with Crippen molar-refractivity contribution in [3.05, 3.63) is 57.8 Å². The highest BCUT2D eigenvalue weighted by atomic mass is 19.1. The third kappa shape index (κ3) is 3.77. The number of ether oxygens (including phenoxy) is 1. The summed E-state index contributed by atoms with van der Waals surface area (Å²) in [6.45, 7) is 3.40. The standard InChI is InChI=1S/C19H22FN3O3/c1-12-5-8-23(15-3-6-21-7-4-15)19(25)17(12)18(24)22-14-9-13(20)10-16(11-14)26-2/h5,8-11,15,21H,3-4,6-7H2,1-2H3,(H,22,24). The second kappa shape index (κ2) is 7.70. The summed E-state index contributed by atoms with van der Waals surface area (Å²) in [5, 5.41) is 5.86. The normalized spacial score (nSPS) is 14.9. The Hall–Kier alpha value is -2.67. The van der Waals surface area contributed by atoms with Crippen molar-refractivity contribution in [1.29, 1.82) is 0 Å². The highest BCUT2D eigenvalue weighted by Crippen LogP contribution is 2.21. The largest absolute Gasteiger partial charge is 0.497 e.